The molecule has 1 aromatic carbocycles. The Morgan fingerprint density at radius 2 is 2.16 bits per heavy atom. The summed E-state index contributed by atoms with van der Waals surface area (Å²) in [6.45, 7) is 3.50. The number of hydrogen-bond donors (Lipinski definition) is 2. The third-order valence-electron chi connectivity index (χ3n) is 3.53. The van der Waals surface area contributed by atoms with Crippen LogP contribution in [0, 0.1) is 6.92 Å². The van der Waals surface area contributed by atoms with Gasteiger partial charge in [-0.3, -0.25) is 0 Å². The van der Waals surface area contributed by atoms with Crippen molar-refractivity contribution in [1.29, 1.82) is 0 Å². The van der Waals surface area contributed by atoms with E-state index in [0.29, 0.717) is 18.3 Å². The molecular formula is C14H15N3O2. The van der Waals surface area contributed by atoms with E-state index in [9.17, 15) is 4.79 Å². The Hall–Kier alpha value is -2.30. The van der Waals surface area contributed by atoms with Gasteiger partial charge in [-0.25, -0.2) is 9.48 Å². The highest BCUT2D eigenvalue weighted by molar-refractivity contribution is 5.93. The third kappa shape index (κ3) is 2.07. The molecule has 98 valence electrons. The van der Waals surface area contributed by atoms with Gasteiger partial charge in [-0.1, -0.05) is 29.8 Å². The van der Waals surface area contributed by atoms with Gasteiger partial charge < -0.3 is 10.4 Å². The molecule has 0 radical (unpaired) electrons. The number of aromatic nitrogens is 2. The zero-order valence-corrected chi connectivity index (χ0v) is 10.6. The quantitative estimate of drug-likeness (QED) is 0.864. The highest BCUT2D eigenvalue weighted by atomic mass is 16.4. The van der Waals surface area contributed by atoms with Crippen molar-refractivity contribution in [2.75, 3.05) is 11.9 Å². The zero-order valence-electron chi connectivity index (χ0n) is 10.6. The van der Waals surface area contributed by atoms with Crippen molar-refractivity contribution in [3.05, 3.63) is 47.2 Å². The van der Waals surface area contributed by atoms with E-state index in [-0.39, 0.29) is 5.56 Å². The summed E-state index contributed by atoms with van der Waals surface area (Å²) in [6, 6.07) is 8.43. The highest BCUT2D eigenvalue weighted by Gasteiger charge is 2.24. The number of rotatable bonds is 2. The normalized spacial score (nSPS) is 17.6. The molecule has 5 nitrogen and oxygen atoms in total. The van der Waals surface area contributed by atoms with Crippen molar-refractivity contribution in [1.82, 2.24) is 9.78 Å². The van der Waals surface area contributed by atoms with Crippen molar-refractivity contribution in [2.24, 2.45) is 0 Å². The van der Waals surface area contributed by atoms with Gasteiger partial charge in [0.25, 0.3) is 0 Å². The van der Waals surface area contributed by atoms with E-state index >= 15 is 0 Å². The molecule has 0 fully saturated rings. The van der Waals surface area contributed by atoms with Crippen LogP contribution in [0.3, 0.4) is 0 Å². The smallest absolute Gasteiger partial charge is 0.341 e. The summed E-state index contributed by atoms with van der Waals surface area (Å²) in [4.78, 5) is 11.0. The zero-order chi connectivity index (χ0) is 13.4. The fourth-order valence-corrected chi connectivity index (χ4v) is 2.42. The van der Waals surface area contributed by atoms with Gasteiger partial charge >= 0.3 is 5.97 Å². The molecule has 2 N–H and O–H groups in total. The van der Waals surface area contributed by atoms with Gasteiger partial charge in [0, 0.05) is 12.5 Å². The molecule has 1 unspecified atom stereocenters. The Morgan fingerprint density at radius 1 is 1.42 bits per heavy atom. The molecule has 0 spiro atoms. The number of aryl methyl sites for hydroxylation is 1. The first-order valence-corrected chi connectivity index (χ1v) is 6.24. The van der Waals surface area contributed by atoms with Crippen LogP contribution in [0.5, 0.6) is 0 Å². The molecule has 1 aliphatic rings. The van der Waals surface area contributed by atoms with Crippen LogP contribution >= 0.6 is 0 Å². The van der Waals surface area contributed by atoms with Crippen molar-refractivity contribution in [2.45, 2.75) is 19.4 Å². The second-order valence-electron chi connectivity index (χ2n) is 4.88. The van der Waals surface area contributed by atoms with Crippen LogP contribution in [0.1, 0.15) is 27.4 Å². The van der Waals surface area contributed by atoms with Crippen LogP contribution in [-0.2, 0) is 6.54 Å². The molecular weight excluding hydrogens is 242 g/mol. The Balaban J connectivity index is 1.86. The first kappa shape index (κ1) is 11.8. The van der Waals surface area contributed by atoms with Crippen molar-refractivity contribution in [3.63, 3.8) is 0 Å². The van der Waals surface area contributed by atoms with E-state index in [2.05, 4.69) is 41.6 Å². The SMILES string of the molecule is Cc1ccc(C2CNc3c(C(=O)O)cnn3C2)cc1. The van der Waals surface area contributed by atoms with Crippen LogP contribution in [0.15, 0.2) is 30.5 Å². The number of carboxylic acid groups (broad SMARTS) is 1. The average Bonchev–Trinajstić information content (AvgIpc) is 2.82. The predicted octanol–water partition coefficient (Wildman–Crippen LogP) is 2.10. The topological polar surface area (TPSA) is 67.2 Å². The van der Waals surface area contributed by atoms with Crippen molar-refractivity contribution in [3.8, 4) is 0 Å². The lowest BCUT2D eigenvalue weighted by Gasteiger charge is -2.25. The Kier molecular flexibility index (Phi) is 2.74. The number of anilines is 1. The maximum atomic E-state index is 11.0. The lowest BCUT2D eigenvalue weighted by molar-refractivity contribution is 0.0697. The number of fused-ring (bicyclic) bond motifs is 1. The molecule has 0 saturated heterocycles. The van der Waals surface area contributed by atoms with E-state index in [1.165, 1.54) is 17.3 Å². The van der Waals surface area contributed by atoms with Gasteiger partial charge in [-0.2, -0.15) is 5.10 Å². The molecule has 3 rings (SSSR count). The van der Waals surface area contributed by atoms with Gasteiger partial charge in [-0.05, 0) is 12.5 Å². The minimum absolute atomic E-state index is 0.238. The first-order chi connectivity index (χ1) is 9.15. The molecule has 0 bridgehead atoms. The van der Waals surface area contributed by atoms with Crippen LogP contribution < -0.4 is 5.32 Å². The number of nitrogens with zero attached hydrogens (tertiary/aromatic N) is 2. The standard InChI is InChI=1S/C14H15N3O2/c1-9-2-4-10(5-3-9)11-6-15-13-12(14(18)19)7-16-17(13)8-11/h2-5,7,11,15H,6,8H2,1H3,(H,18,19). The average molecular weight is 257 g/mol. The van der Waals surface area contributed by atoms with E-state index in [1.54, 1.807) is 4.68 Å². The Bertz CT molecular complexity index is 616. The number of nitrogens with one attached hydrogen (secondary N) is 1. The van der Waals surface area contributed by atoms with E-state index in [0.717, 1.165) is 6.54 Å². The summed E-state index contributed by atoms with van der Waals surface area (Å²) in [6.07, 6.45) is 1.40. The fraction of sp³-hybridized carbons (Fsp3) is 0.286. The summed E-state index contributed by atoms with van der Waals surface area (Å²) in [5, 5.41) is 16.4. The molecule has 2 aromatic rings. The molecule has 0 amide bonds. The maximum absolute atomic E-state index is 11.0. The van der Waals surface area contributed by atoms with Crippen LogP contribution in [0.4, 0.5) is 5.82 Å². The molecule has 2 heterocycles. The second-order valence-corrected chi connectivity index (χ2v) is 4.88. The monoisotopic (exact) mass is 257 g/mol. The Morgan fingerprint density at radius 3 is 2.84 bits per heavy atom. The lowest BCUT2D eigenvalue weighted by Crippen LogP contribution is -2.27. The summed E-state index contributed by atoms with van der Waals surface area (Å²) < 4.78 is 1.73. The van der Waals surface area contributed by atoms with Gasteiger partial charge in [0.15, 0.2) is 0 Å². The van der Waals surface area contributed by atoms with E-state index in [4.69, 9.17) is 5.11 Å². The molecule has 0 aliphatic carbocycles. The third-order valence-corrected chi connectivity index (χ3v) is 3.53. The van der Waals surface area contributed by atoms with Crippen LogP contribution in [-0.4, -0.2) is 27.4 Å². The molecule has 5 heteroatoms. The van der Waals surface area contributed by atoms with Crippen LogP contribution in [0.25, 0.3) is 0 Å². The number of aromatic carboxylic acids is 1. The number of carboxylic acids is 1. The fourth-order valence-electron chi connectivity index (χ4n) is 2.42. The summed E-state index contributed by atoms with van der Waals surface area (Å²) in [5.74, 6) is -0.0203. The second kappa shape index (κ2) is 4.42. The minimum Gasteiger partial charge on any atom is -0.477 e. The van der Waals surface area contributed by atoms with Crippen molar-refractivity contribution < 1.29 is 9.90 Å². The first-order valence-electron chi connectivity index (χ1n) is 6.24. The van der Waals surface area contributed by atoms with E-state index < -0.39 is 5.97 Å². The Labute approximate surface area is 110 Å². The largest absolute Gasteiger partial charge is 0.477 e. The minimum atomic E-state index is -0.942. The molecule has 19 heavy (non-hydrogen) atoms. The molecule has 1 aliphatic heterocycles. The van der Waals surface area contributed by atoms with Crippen LogP contribution in [0.2, 0.25) is 0 Å². The lowest BCUT2D eigenvalue weighted by atomic mass is 9.97. The van der Waals surface area contributed by atoms with Gasteiger partial charge in [0.2, 0.25) is 0 Å². The summed E-state index contributed by atoms with van der Waals surface area (Å²) >= 11 is 0. The summed E-state index contributed by atoms with van der Waals surface area (Å²) in [5.41, 5.74) is 2.72. The van der Waals surface area contributed by atoms with Gasteiger partial charge in [0.1, 0.15) is 11.4 Å². The number of carbonyl (C=O) groups is 1. The maximum Gasteiger partial charge on any atom is 0.341 e. The molecule has 1 atom stereocenters. The van der Waals surface area contributed by atoms with Gasteiger partial charge in [0.05, 0.1) is 12.7 Å². The summed E-state index contributed by atoms with van der Waals surface area (Å²) in [7, 11) is 0. The predicted molar refractivity (Wildman–Crippen MR) is 71.6 cm³/mol. The molecule has 0 saturated carbocycles. The highest BCUT2D eigenvalue weighted by Crippen LogP contribution is 2.27. The van der Waals surface area contributed by atoms with Gasteiger partial charge in [-0.15, -0.1) is 0 Å². The molecule has 1 aromatic heterocycles. The number of benzene rings is 1. The number of hydrogen-bond acceptors (Lipinski definition) is 3. The van der Waals surface area contributed by atoms with E-state index in [1.807, 2.05) is 0 Å². The van der Waals surface area contributed by atoms with Crippen molar-refractivity contribution >= 4 is 11.8 Å².